The van der Waals surface area contributed by atoms with E-state index in [1.165, 1.54) is 32.2 Å². The number of benzene rings is 2. The topological polar surface area (TPSA) is 103 Å². The normalized spacial score (nSPS) is 10.1. The van der Waals surface area contributed by atoms with E-state index in [1.807, 2.05) is 0 Å². The van der Waals surface area contributed by atoms with Gasteiger partial charge >= 0.3 is 5.97 Å². The Labute approximate surface area is 174 Å². The van der Waals surface area contributed by atoms with Gasteiger partial charge in [0.2, 0.25) is 5.91 Å². The van der Waals surface area contributed by atoms with Crippen LogP contribution >= 0.6 is 15.9 Å². The van der Waals surface area contributed by atoms with Crippen LogP contribution in [0.5, 0.6) is 11.5 Å². The second-order valence-electron chi connectivity index (χ2n) is 5.67. The second-order valence-corrected chi connectivity index (χ2v) is 6.58. The van der Waals surface area contributed by atoms with E-state index in [0.29, 0.717) is 15.9 Å². The molecule has 0 fully saturated rings. The molecule has 0 unspecified atom stereocenters. The lowest BCUT2D eigenvalue weighted by Crippen LogP contribution is -2.24. The number of halogens is 2. The number of carbonyl (C=O) groups excluding carboxylic acids is 3. The molecule has 0 spiro atoms. The minimum Gasteiger partial charge on any atom is -0.495 e. The van der Waals surface area contributed by atoms with Crippen molar-refractivity contribution in [2.24, 2.45) is 0 Å². The Morgan fingerprint density at radius 3 is 2.41 bits per heavy atom. The average Bonchev–Trinajstić information content (AvgIpc) is 2.65. The first-order valence-corrected chi connectivity index (χ1v) is 9.06. The molecule has 2 aromatic carbocycles. The van der Waals surface area contributed by atoms with Crippen LogP contribution in [0, 0.1) is 5.82 Å². The third kappa shape index (κ3) is 7.07. The van der Waals surface area contributed by atoms with Gasteiger partial charge in [-0.15, -0.1) is 0 Å². The number of nitrogens with one attached hydrogen (secondary N) is 2. The van der Waals surface area contributed by atoms with Crippen LogP contribution in [0.1, 0.15) is 6.92 Å². The number of amides is 2. The van der Waals surface area contributed by atoms with Crippen LogP contribution in [-0.2, 0) is 19.1 Å². The van der Waals surface area contributed by atoms with Crippen LogP contribution < -0.4 is 20.1 Å². The van der Waals surface area contributed by atoms with Gasteiger partial charge in [0.05, 0.1) is 12.8 Å². The quantitative estimate of drug-likeness (QED) is 0.577. The number of ether oxygens (including phenoxy) is 3. The average molecular weight is 469 g/mol. The van der Waals surface area contributed by atoms with Crippen molar-refractivity contribution in [3.8, 4) is 11.5 Å². The van der Waals surface area contributed by atoms with E-state index in [2.05, 4.69) is 26.6 Å². The van der Waals surface area contributed by atoms with Gasteiger partial charge in [-0.05, 0) is 36.4 Å². The molecule has 2 aromatic rings. The summed E-state index contributed by atoms with van der Waals surface area (Å²) < 4.78 is 29.1. The summed E-state index contributed by atoms with van der Waals surface area (Å²) in [6.45, 7) is 0.204. The molecule has 154 valence electrons. The first-order chi connectivity index (χ1) is 13.8. The minimum absolute atomic E-state index is 0.117. The molecule has 0 bridgehead atoms. The fourth-order valence-corrected chi connectivity index (χ4v) is 2.52. The predicted molar refractivity (Wildman–Crippen MR) is 106 cm³/mol. The van der Waals surface area contributed by atoms with Gasteiger partial charge in [0.15, 0.2) is 24.8 Å². The first-order valence-electron chi connectivity index (χ1n) is 8.27. The molecule has 29 heavy (non-hydrogen) atoms. The van der Waals surface area contributed by atoms with Gasteiger partial charge in [0, 0.05) is 17.1 Å². The van der Waals surface area contributed by atoms with E-state index in [9.17, 15) is 18.8 Å². The fraction of sp³-hybridized carbons (Fsp3) is 0.211. The van der Waals surface area contributed by atoms with E-state index >= 15 is 0 Å². The number of esters is 1. The van der Waals surface area contributed by atoms with Crippen LogP contribution in [-0.4, -0.2) is 38.1 Å². The number of rotatable bonds is 8. The van der Waals surface area contributed by atoms with Crippen molar-refractivity contribution in [1.29, 1.82) is 0 Å². The molecule has 2 N–H and O–H groups in total. The Balaban J connectivity index is 1.87. The Kier molecular flexibility index (Phi) is 7.96. The van der Waals surface area contributed by atoms with Gasteiger partial charge in [-0.1, -0.05) is 15.9 Å². The molecule has 0 atom stereocenters. The summed E-state index contributed by atoms with van der Waals surface area (Å²) in [4.78, 5) is 34.9. The number of hydrogen-bond donors (Lipinski definition) is 2. The highest BCUT2D eigenvalue weighted by atomic mass is 79.9. The predicted octanol–water partition coefficient (Wildman–Crippen LogP) is 3.12. The lowest BCUT2D eigenvalue weighted by molar-refractivity contribution is -0.149. The van der Waals surface area contributed by atoms with Crippen molar-refractivity contribution in [3.05, 3.63) is 46.7 Å². The maximum Gasteiger partial charge on any atom is 0.344 e. The lowest BCUT2D eigenvalue weighted by atomic mass is 10.2. The van der Waals surface area contributed by atoms with Gasteiger partial charge in [-0.25, -0.2) is 9.18 Å². The molecule has 10 heteroatoms. The van der Waals surface area contributed by atoms with Crippen molar-refractivity contribution < 1.29 is 33.0 Å². The molecular formula is C19H18BrFN2O6. The van der Waals surface area contributed by atoms with Gasteiger partial charge < -0.3 is 24.8 Å². The summed E-state index contributed by atoms with van der Waals surface area (Å²) in [5.74, 6) is -2.16. The molecule has 2 amide bonds. The van der Waals surface area contributed by atoms with Crippen molar-refractivity contribution in [2.75, 3.05) is 31.0 Å². The summed E-state index contributed by atoms with van der Waals surface area (Å²) in [7, 11) is 1.42. The van der Waals surface area contributed by atoms with E-state index in [1.54, 1.807) is 18.2 Å². The molecule has 8 nitrogen and oxygen atoms in total. The van der Waals surface area contributed by atoms with E-state index in [4.69, 9.17) is 14.2 Å². The van der Waals surface area contributed by atoms with Gasteiger partial charge in [-0.3, -0.25) is 9.59 Å². The Morgan fingerprint density at radius 1 is 1.03 bits per heavy atom. The van der Waals surface area contributed by atoms with Crippen LogP contribution in [0.25, 0.3) is 0 Å². The zero-order chi connectivity index (χ0) is 21.4. The van der Waals surface area contributed by atoms with Crippen LogP contribution in [0.3, 0.4) is 0 Å². The molecule has 0 aliphatic rings. The summed E-state index contributed by atoms with van der Waals surface area (Å²) in [5.41, 5.74) is 0.739. The second kappa shape index (κ2) is 10.4. The zero-order valence-corrected chi connectivity index (χ0v) is 17.2. The highest BCUT2D eigenvalue weighted by molar-refractivity contribution is 9.10. The fourth-order valence-electron chi connectivity index (χ4n) is 2.19. The SMILES string of the molecule is COc1ccc(NC(C)=O)cc1NC(=O)COC(=O)COc1ccc(Br)cc1F. The molecule has 0 saturated carbocycles. The molecule has 0 saturated heterocycles. The lowest BCUT2D eigenvalue weighted by Gasteiger charge is -2.12. The summed E-state index contributed by atoms with van der Waals surface area (Å²) in [6, 6.07) is 8.77. The molecule has 0 heterocycles. The van der Waals surface area contributed by atoms with Gasteiger partial charge in [-0.2, -0.15) is 0 Å². The molecule has 0 aromatic heterocycles. The van der Waals surface area contributed by atoms with E-state index in [0.717, 1.165) is 0 Å². The molecule has 0 radical (unpaired) electrons. The van der Waals surface area contributed by atoms with Gasteiger partial charge in [0.1, 0.15) is 5.75 Å². The molecule has 2 rings (SSSR count). The Morgan fingerprint density at radius 2 is 1.76 bits per heavy atom. The highest BCUT2D eigenvalue weighted by Crippen LogP contribution is 2.28. The minimum atomic E-state index is -0.846. The monoisotopic (exact) mass is 468 g/mol. The smallest absolute Gasteiger partial charge is 0.344 e. The molecule has 0 aliphatic carbocycles. The van der Waals surface area contributed by atoms with Crippen molar-refractivity contribution in [2.45, 2.75) is 6.92 Å². The van der Waals surface area contributed by atoms with Crippen LogP contribution in [0.4, 0.5) is 15.8 Å². The summed E-state index contributed by atoms with van der Waals surface area (Å²) in [6.07, 6.45) is 0. The third-order valence-corrected chi connectivity index (χ3v) is 3.89. The summed E-state index contributed by atoms with van der Waals surface area (Å²) >= 11 is 3.11. The molecule has 0 aliphatic heterocycles. The van der Waals surface area contributed by atoms with E-state index < -0.39 is 30.9 Å². The number of hydrogen-bond acceptors (Lipinski definition) is 6. The van der Waals surface area contributed by atoms with Crippen LogP contribution in [0.2, 0.25) is 0 Å². The largest absolute Gasteiger partial charge is 0.495 e. The third-order valence-electron chi connectivity index (χ3n) is 3.40. The van der Waals surface area contributed by atoms with E-state index in [-0.39, 0.29) is 17.3 Å². The number of anilines is 2. The maximum atomic E-state index is 13.6. The van der Waals surface area contributed by atoms with Crippen LogP contribution in [0.15, 0.2) is 40.9 Å². The highest BCUT2D eigenvalue weighted by Gasteiger charge is 2.13. The number of carbonyl (C=O) groups is 3. The van der Waals surface area contributed by atoms with Gasteiger partial charge in [0.25, 0.3) is 5.91 Å². The first kappa shape index (κ1) is 22.2. The van der Waals surface area contributed by atoms with Crippen molar-refractivity contribution in [1.82, 2.24) is 0 Å². The number of methoxy groups -OCH3 is 1. The summed E-state index contributed by atoms with van der Waals surface area (Å²) in [5, 5.41) is 5.10. The molecular weight excluding hydrogens is 451 g/mol. The van der Waals surface area contributed by atoms with Crippen molar-refractivity contribution in [3.63, 3.8) is 0 Å². The Bertz CT molecular complexity index is 922. The Hall–Kier alpha value is -3.14. The van der Waals surface area contributed by atoms with Crippen molar-refractivity contribution >= 4 is 45.1 Å². The zero-order valence-electron chi connectivity index (χ0n) is 15.6. The standard InChI is InChI=1S/C19H18BrFN2O6/c1-11(24)22-13-4-6-17(27-2)15(8-13)23-18(25)9-29-19(26)10-28-16-5-3-12(20)7-14(16)21/h3-8H,9-10H2,1-2H3,(H,22,24)(H,23,25). The maximum absolute atomic E-state index is 13.6.